The highest BCUT2D eigenvalue weighted by Gasteiger charge is 2.32. The van der Waals surface area contributed by atoms with Crippen LogP contribution in [0.15, 0.2) is 18.2 Å². The average molecular weight is 420 g/mol. The van der Waals surface area contributed by atoms with Gasteiger partial charge in [0, 0.05) is 55.0 Å². The Bertz CT molecular complexity index is 588. The molecule has 154 valence electrons. The predicted molar refractivity (Wildman–Crippen MR) is 113 cm³/mol. The van der Waals surface area contributed by atoms with E-state index in [1.54, 1.807) is 14.2 Å². The van der Waals surface area contributed by atoms with E-state index in [2.05, 4.69) is 5.32 Å². The highest BCUT2D eigenvalue weighted by Crippen LogP contribution is 2.29. The summed E-state index contributed by atoms with van der Waals surface area (Å²) >= 11 is 0. The summed E-state index contributed by atoms with van der Waals surface area (Å²) in [6, 6.07) is 6.36. The van der Waals surface area contributed by atoms with Crippen molar-refractivity contribution in [3.05, 3.63) is 18.2 Å². The number of anilines is 1. The number of amides is 1. The van der Waals surface area contributed by atoms with Crippen LogP contribution in [0.5, 0.6) is 11.5 Å². The van der Waals surface area contributed by atoms with Crippen molar-refractivity contribution in [1.29, 1.82) is 0 Å². The number of carbonyl (C=O) groups excluding carboxylic acids is 1. The van der Waals surface area contributed by atoms with E-state index < -0.39 is 0 Å². The Morgan fingerprint density at radius 2 is 1.63 bits per heavy atom. The number of piperidine rings is 1. The van der Waals surface area contributed by atoms with Crippen molar-refractivity contribution in [3.8, 4) is 11.5 Å². The Kier molecular flexibility index (Phi) is 9.50. The second kappa shape index (κ2) is 10.8. The van der Waals surface area contributed by atoms with Crippen molar-refractivity contribution in [2.24, 2.45) is 11.7 Å². The number of halogens is 2. The number of hydrogen-bond acceptors (Lipinski definition) is 5. The van der Waals surface area contributed by atoms with Gasteiger partial charge in [-0.2, -0.15) is 0 Å². The molecule has 0 aromatic heterocycles. The predicted octanol–water partition coefficient (Wildman–Crippen LogP) is 3.08. The van der Waals surface area contributed by atoms with E-state index in [-0.39, 0.29) is 36.8 Å². The Hall–Kier alpha value is -1.37. The molecule has 2 atom stereocenters. The van der Waals surface area contributed by atoms with Gasteiger partial charge in [0.2, 0.25) is 5.91 Å². The zero-order chi connectivity index (χ0) is 17.8. The average Bonchev–Trinajstić information content (AvgIpc) is 3.07. The second-order valence-electron chi connectivity index (χ2n) is 7.12. The van der Waals surface area contributed by atoms with Crippen LogP contribution in [-0.2, 0) is 4.79 Å². The molecular weight excluding hydrogens is 389 g/mol. The monoisotopic (exact) mass is 419 g/mol. The van der Waals surface area contributed by atoms with Crippen LogP contribution in [0.2, 0.25) is 0 Å². The van der Waals surface area contributed by atoms with Gasteiger partial charge in [-0.05, 0) is 32.1 Å². The van der Waals surface area contributed by atoms with E-state index in [0.29, 0.717) is 11.9 Å². The van der Waals surface area contributed by atoms with Gasteiger partial charge in [0.1, 0.15) is 11.5 Å². The van der Waals surface area contributed by atoms with Crippen LogP contribution >= 0.6 is 24.8 Å². The summed E-state index contributed by atoms with van der Waals surface area (Å²) in [6.45, 7) is 1.62. The molecule has 0 spiro atoms. The summed E-state index contributed by atoms with van der Waals surface area (Å²) in [4.78, 5) is 14.6. The molecule has 0 radical (unpaired) electrons. The summed E-state index contributed by atoms with van der Waals surface area (Å²) in [5, 5.41) is 3.55. The summed E-state index contributed by atoms with van der Waals surface area (Å²) in [5.41, 5.74) is 6.94. The largest absolute Gasteiger partial charge is 0.497 e. The number of hydrogen-bond donors (Lipinski definition) is 2. The van der Waals surface area contributed by atoms with Crippen LogP contribution in [0.3, 0.4) is 0 Å². The van der Waals surface area contributed by atoms with Gasteiger partial charge in [0.15, 0.2) is 0 Å². The lowest BCUT2D eigenvalue weighted by atomic mass is 10.0. The summed E-state index contributed by atoms with van der Waals surface area (Å²) in [6.07, 6.45) is 4.67. The second-order valence-corrected chi connectivity index (χ2v) is 7.12. The number of nitrogens with one attached hydrogen (secondary N) is 1. The smallest absolute Gasteiger partial charge is 0.225 e. The van der Waals surface area contributed by atoms with E-state index in [1.165, 1.54) is 0 Å². The summed E-state index contributed by atoms with van der Waals surface area (Å²) in [7, 11) is 3.30. The normalized spacial score (nSPS) is 22.4. The van der Waals surface area contributed by atoms with E-state index >= 15 is 0 Å². The fourth-order valence-electron chi connectivity index (χ4n) is 3.87. The highest BCUT2D eigenvalue weighted by atomic mass is 35.5. The zero-order valence-corrected chi connectivity index (χ0v) is 17.6. The highest BCUT2D eigenvalue weighted by molar-refractivity contribution is 5.85. The van der Waals surface area contributed by atoms with Crippen LogP contribution in [0.4, 0.5) is 5.69 Å². The number of ether oxygens (including phenoxy) is 2. The fourth-order valence-corrected chi connectivity index (χ4v) is 3.87. The first-order valence-electron chi connectivity index (χ1n) is 9.13. The molecule has 0 bridgehead atoms. The van der Waals surface area contributed by atoms with Crippen LogP contribution in [0, 0.1) is 5.92 Å². The molecular formula is C19H31Cl2N3O3. The van der Waals surface area contributed by atoms with Crippen molar-refractivity contribution in [3.63, 3.8) is 0 Å². The maximum Gasteiger partial charge on any atom is 0.225 e. The van der Waals surface area contributed by atoms with E-state index in [4.69, 9.17) is 15.2 Å². The maximum atomic E-state index is 12.6. The van der Waals surface area contributed by atoms with E-state index in [1.807, 2.05) is 23.1 Å². The van der Waals surface area contributed by atoms with Gasteiger partial charge in [-0.15, -0.1) is 24.8 Å². The van der Waals surface area contributed by atoms with Gasteiger partial charge in [0.05, 0.1) is 14.2 Å². The van der Waals surface area contributed by atoms with Gasteiger partial charge in [-0.25, -0.2) is 0 Å². The number of carbonyl (C=O) groups is 1. The number of benzene rings is 1. The van der Waals surface area contributed by atoms with E-state index in [0.717, 1.165) is 62.4 Å². The third-order valence-corrected chi connectivity index (χ3v) is 5.35. The number of methoxy groups -OCH3 is 2. The van der Waals surface area contributed by atoms with Crippen molar-refractivity contribution >= 4 is 36.4 Å². The first-order valence-corrected chi connectivity index (χ1v) is 9.13. The van der Waals surface area contributed by atoms with Crippen LogP contribution in [-0.4, -0.2) is 50.2 Å². The van der Waals surface area contributed by atoms with Gasteiger partial charge >= 0.3 is 0 Å². The SMILES string of the molecule is COc1cc(NC2CCN(C(=O)C3CCC(N)C3)CC2)cc(OC)c1.Cl.Cl. The lowest BCUT2D eigenvalue weighted by Gasteiger charge is -2.34. The first-order chi connectivity index (χ1) is 12.1. The molecule has 1 saturated carbocycles. The Balaban J connectivity index is 0.00000182. The number of rotatable bonds is 5. The first kappa shape index (κ1) is 23.7. The fraction of sp³-hybridized carbons (Fsp3) is 0.632. The molecule has 6 nitrogen and oxygen atoms in total. The quantitative estimate of drug-likeness (QED) is 0.766. The third-order valence-electron chi connectivity index (χ3n) is 5.35. The van der Waals surface area contributed by atoms with E-state index in [9.17, 15) is 4.79 Å². The molecule has 8 heteroatoms. The summed E-state index contributed by atoms with van der Waals surface area (Å²) < 4.78 is 10.6. The molecule has 1 heterocycles. The molecule has 1 aromatic carbocycles. The molecule has 2 fully saturated rings. The Morgan fingerprint density at radius 3 is 2.11 bits per heavy atom. The van der Waals surface area contributed by atoms with Gasteiger partial charge in [0.25, 0.3) is 0 Å². The van der Waals surface area contributed by atoms with Gasteiger partial charge in [-0.3, -0.25) is 4.79 Å². The molecule has 1 amide bonds. The minimum absolute atomic E-state index is 0. The number of nitrogens with zero attached hydrogens (tertiary/aromatic N) is 1. The van der Waals surface area contributed by atoms with Crippen molar-refractivity contribution < 1.29 is 14.3 Å². The van der Waals surface area contributed by atoms with Gasteiger partial charge < -0.3 is 25.4 Å². The molecule has 1 aliphatic carbocycles. The van der Waals surface area contributed by atoms with Crippen molar-refractivity contribution in [1.82, 2.24) is 4.90 Å². The lowest BCUT2D eigenvalue weighted by Crippen LogP contribution is -2.44. The van der Waals surface area contributed by atoms with Crippen LogP contribution in [0.25, 0.3) is 0 Å². The van der Waals surface area contributed by atoms with Crippen molar-refractivity contribution in [2.45, 2.75) is 44.2 Å². The molecule has 3 N–H and O–H groups in total. The van der Waals surface area contributed by atoms with Crippen LogP contribution < -0.4 is 20.5 Å². The molecule has 27 heavy (non-hydrogen) atoms. The number of likely N-dealkylation sites (tertiary alicyclic amines) is 1. The molecule has 1 saturated heterocycles. The molecule has 3 rings (SSSR count). The maximum absolute atomic E-state index is 12.6. The zero-order valence-electron chi connectivity index (χ0n) is 16.0. The molecule has 1 aliphatic heterocycles. The third kappa shape index (κ3) is 6.06. The molecule has 2 unspecified atom stereocenters. The standard InChI is InChI=1S/C19H29N3O3.2ClH/c1-24-17-10-16(11-18(12-17)25-2)21-15-5-7-22(8-6-15)19(23)13-3-4-14(20)9-13;;/h10-15,21H,3-9,20H2,1-2H3;2*1H. The topological polar surface area (TPSA) is 76.8 Å². The minimum atomic E-state index is 0. The van der Waals surface area contributed by atoms with Gasteiger partial charge in [-0.1, -0.05) is 0 Å². The minimum Gasteiger partial charge on any atom is -0.497 e. The van der Waals surface area contributed by atoms with Crippen molar-refractivity contribution in [2.75, 3.05) is 32.6 Å². The Labute approximate surface area is 174 Å². The summed E-state index contributed by atoms with van der Waals surface area (Å²) in [5.74, 6) is 1.98. The molecule has 2 aliphatic rings. The molecule has 1 aromatic rings. The number of nitrogens with two attached hydrogens (primary N) is 1. The van der Waals surface area contributed by atoms with Crippen LogP contribution in [0.1, 0.15) is 32.1 Å². The Morgan fingerprint density at radius 1 is 1.04 bits per heavy atom. The lowest BCUT2D eigenvalue weighted by molar-refractivity contribution is -0.136.